The summed E-state index contributed by atoms with van der Waals surface area (Å²) >= 11 is 0. The number of amides is 3. The molecule has 0 saturated heterocycles. The molecule has 3 atom stereocenters. The smallest absolute Gasteiger partial charge is 0.408 e. The lowest BCUT2D eigenvalue weighted by Gasteiger charge is -2.33. The van der Waals surface area contributed by atoms with Crippen LogP contribution in [0.15, 0.2) is 24.3 Å². The molecule has 0 aliphatic rings. The molecular weight excluding hydrogens is 438 g/mol. The van der Waals surface area contributed by atoms with Crippen molar-refractivity contribution in [1.29, 1.82) is 0 Å². The van der Waals surface area contributed by atoms with E-state index in [-0.39, 0.29) is 12.5 Å². The number of rotatable bonds is 10. The van der Waals surface area contributed by atoms with E-state index >= 15 is 0 Å². The Morgan fingerprint density at radius 1 is 1.06 bits per heavy atom. The predicted octanol–water partition coefficient (Wildman–Crippen LogP) is 2.98. The maximum atomic E-state index is 13.6. The van der Waals surface area contributed by atoms with Gasteiger partial charge in [0.05, 0.1) is 7.11 Å². The van der Waals surface area contributed by atoms with E-state index in [9.17, 15) is 19.2 Å². The van der Waals surface area contributed by atoms with Gasteiger partial charge in [-0.1, -0.05) is 51.5 Å². The molecule has 2 N–H and O–H groups in total. The quantitative estimate of drug-likeness (QED) is 0.501. The highest BCUT2D eigenvalue weighted by atomic mass is 16.6. The minimum atomic E-state index is -1.02. The average Bonchev–Trinajstić information content (AvgIpc) is 2.79. The molecule has 0 bridgehead atoms. The third-order valence-corrected chi connectivity index (χ3v) is 5.47. The number of nitrogens with one attached hydrogen (secondary N) is 2. The number of carbonyl (C=O) groups excluding carboxylic acids is 4. The van der Waals surface area contributed by atoms with Crippen molar-refractivity contribution in [3.05, 3.63) is 35.4 Å². The van der Waals surface area contributed by atoms with Gasteiger partial charge in [-0.05, 0) is 44.2 Å². The zero-order valence-corrected chi connectivity index (χ0v) is 21.6. The Bertz CT molecular complexity index is 847. The largest absolute Gasteiger partial charge is 0.468 e. The summed E-state index contributed by atoms with van der Waals surface area (Å²) in [5, 5.41) is 5.20. The van der Waals surface area contributed by atoms with Crippen molar-refractivity contribution in [1.82, 2.24) is 15.5 Å². The summed E-state index contributed by atoms with van der Waals surface area (Å²) in [6, 6.07) is 5.42. The first-order chi connectivity index (χ1) is 15.8. The van der Waals surface area contributed by atoms with Gasteiger partial charge in [0.1, 0.15) is 24.2 Å². The fourth-order valence-corrected chi connectivity index (χ4v) is 3.28. The molecule has 3 amide bonds. The number of nitrogens with zero attached hydrogens (tertiary/aromatic N) is 1. The first-order valence-electron chi connectivity index (χ1n) is 11.5. The molecule has 0 saturated carbocycles. The normalized spacial score (nSPS) is 13.8. The SMILES string of the molecule is CCc1ccc(C(C(=O)NCC(=O)OC)N(C)C(=O)C(NC(=O)OC(C)(C)C)C(C)CC)cc1. The van der Waals surface area contributed by atoms with E-state index in [1.165, 1.54) is 19.1 Å². The lowest BCUT2D eigenvalue weighted by molar-refractivity contribution is -0.144. The van der Waals surface area contributed by atoms with E-state index < -0.39 is 41.6 Å². The Morgan fingerprint density at radius 2 is 1.65 bits per heavy atom. The monoisotopic (exact) mass is 477 g/mol. The molecule has 9 nitrogen and oxygen atoms in total. The van der Waals surface area contributed by atoms with Gasteiger partial charge < -0.3 is 25.0 Å². The van der Waals surface area contributed by atoms with Gasteiger partial charge in [0.15, 0.2) is 0 Å². The van der Waals surface area contributed by atoms with Gasteiger partial charge in [-0.15, -0.1) is 0 Å². The number of aryl methyl sites for hydroxylation is 1. The number of ether oxygens (including phenoxy) is 2. The molecule has 34 heavy (non-hydrogen) atoms. The van der Waals surface area contributed by atoms with Gasteiger partial charge in [0.2, 0.25) is 11.8 Å². The number of hydrogen-bond acceptors (Lipinski definition) is 6. The fourth-order valence-electron chi connectivity index (χ4n) is 3.28. The standard InChI is InChI=1S/C25H39N3O6/c1-9-16(3)20(27-24(32)34-25(4,5)6)23(31)28(7)21(22(30)26-15-19(29)33-8)18-13-11-17(10-2)12-14-18/h11-14,16,20-21H,9-10,15H2,1-8H3,(H,26,30)(H,27,32). The minimum absolute atomic E-state index is 0.219. The van der Waals surface area contributed by atoms with Gasteiger partial charge >= 0.3 is 12.1 Å². The highest BCUT2D eigenvalue weighted by molar-refractivity contribution is 5.93. The Kier molecular flexibility index (Phi) is 11.0. The van der Waals surface area contributed by atoms with Gasteiger partial charge in [0, 0.05) is 7.05 Å². The Balaban J connectivity index is 3.27. The molecule has 3 unspecified atom stereocenters. The van der Waals surface area contributed by atoms with Crippen molar-refractivity contribution in [2.24, 2.45) is 5.92 Å². The summed E-state index contributed by atoms with van der Waals surface area (Å²) in [7, 11) is 2.73. The van der Waals surface area contributed by atoms with E-state index in [1.54, 1.807) is 32.9 Å². The van der Waals surface area contributed by atoms with Gasteiger partial charge in [-0.25, -0.2) is 4.79 Å². The molecule has 0 heterocycles. The third kappa shape index (κ3) is 8.68. The second kappa shape index (κ2) is 13.0. The van der Waals surface area contributed by atoms with Crippen LogP contribution < -0.4 is 10.6 Å². The van der Waals surface area contributed by atoms with Crippen molar-refractivity contribution >= 4 is 23.9 Å². The molecule has 0 spiro atoms. The first kappa shape index (κ1) is 28.9. The second-order valence-corrected chi connectivity index (χ2v) is 9.25. The fraction of sp³-hybridized carbons (Fsp3) is 0.600. The molecule has 0 aromatic heterocycles. The molecule has 0 radical (unpaired) electrons. The first-order valence-corrected chi connectivity index (χ1v) is 11.5. The van der Waals surface area contributed by atoms with Crippen LogP contribution in [0.2, 0.25) is 0 Å². The van der Waals surface area contributed by atoms with Crippen LogP contribution in [0.25, 0.3) is 0 Å². The van der Waals surface area contributed by atoms with Crippen LogP contribution in [0.5, 0.6) is 0 Å². The number of likely N-dealkylation sites (N-methyl/N-ethyl adjacent to an activating group) is 1. The number of carbonyl (C=O) groups is 4. The summed E-state index contributed by atoms with van der Waals surface area (Å²) in [5.74, 6) is -1.81. The zero-order chi connectivity index (χ0) is 26.1. The van der Waals surface area contributed by atoms with E-state index in [0.29, 0.717) is 12.0 Å². The Hall–Kier alpha value is -3.10. The Labute approximate surface area is 202 Å². The number of methoxy groups -OCH3 is 1. The van der Waals surface area contributed by atoms with Crippen molar-refractivity contribution in [2.45, 2.75) is 72.1 Å². The number of esters is 1. The number of benzene rings is 1. The summed E-state index contributed by atoms with van der Waals surface area (Å²) in [6.07, 6.45) is 0.729. The molecule has 0 fully saturated rings. The maximum Gasteiger partial charge on any atom is 0.408 e. The van der Waals surface area contributed by atoms with E-state index in [4.69, 9.17) is 4.74 Å². The van der Waals surface area contributed by atoms with Gasteiger partial charge in [0.25, 0.3) is 0 Å². The molecule has 1 rings (SSSR count). The zero-order valence-electron chi connectivity index (χ0n) is 21.6. The third-order valence-electron chi connectivity index (χ3n) is 5.47. The molecule has 0 aliphatic carbocycles. The van der Waals surface area contributed by atoms with Crippen LogP contribution in [0.1, 0.15) is 65.1 Å². The second-order valence-electron chi connectivity index (χ2n) is 9.25. The van der Waals surface area contributed by atoms with Crippen LogP contribution >= 0.6 is 0 Å². The van der Waals surface area contributed by atoms with Crippen LogP contribution in [0.3, 0.4) is 0 Å². The van der Waals surface area contributed by atoms with Crippen LogP contribution in [-0.2, 0) is 30.3 Å². The minimum Gasteiger partial charge on any atom is -0.468 e. The van der Waals surface area contributed by atoms with Crippen molar-refractivity contribution in [2.75, 3.05) is 20.7 Å². The van der Waals surface area contributed by atoms with Crippen LogP contribution in [0, 0.1) is 5.92 Å². The summed E-state index contributed by atoms with van der Waals surface area (Å²) in [5.41, 5.74) is 0.933. The van der Waals surface area contributed by atoms with E-state index in [0.717, 1.165) is 12.0 Å². The predicted molar refractivity (Wildman–Crippen MR) is 129 cm³/mol. The highest BCUT2D eigenvalue weighted by Gasteiger charge is 2.36. The molecule has 0 aliphatic heterocycles. The highest BCUT2D eigenvalue weighted by Crippen LogP contribution is 2.23. The molecule has 1 aromatic carbocycles. The summed E-state index contributed by atoms with van der Waals surface area (Å²) < 4.78 is 9.93. The lowest BCUT2D eigenvalue weighted by atomic mass is 9.96. The molecule has 9 heteroatoms. The molecule has 190 valence electrons. The van der Waals surface area contributed by atoms with Crippen LogP contribution in [0.4, 0.5) is 4.79 Å². The van der Waals surface area contributed by atoms with E-state index in [1.807, 2.05) is 32.9 Å². The maximum absolute atomic E-state index is 13.6. The molecular formula is C25H39N3O6. The summed E-state index contributed by atoms with van der Waals surface area (Å²) in [6.45, 7) is 10.7. The summed E-state index contributed by atoms with van der Waals surface area (Å²) in [4.78, 5) is 52.0. The van der Waals surface area contributed by atoms with Crippen molar-refractivity contribution in [3.8, 4) is 0 Å². The van der Waals surface area contributed by atoms with E-state index in [2.05, 4.69) is 15.4 Å². The van der Waals surface area contributed by atoms with Crippen LogP contribution in [-0.4, -0.2) is 61.1 Å². The lowest BCUT2D eigenvalue weighted by Crippen LogP contribution is -2.54. The van der Waals surface area contributed by atoms with Crippen molar-refractivity contribution < 1.29 is 28.7 Å². The molecule has 1 aromatic rings. The number of alkyl carbamates (subject to hydrolysis) is 1. The van der Waals surface area contributed by atoms with Gasteiger partial charge in [-0.3, -0.25) is 14.4 Å². The average molecular weight is 478 g/mol. The Morgan fingerprint density at radius 3 is 2.12 bits per heavy atom. The van der Waals surface area contributed by atoms with Crippen molar-refractivity contribution in [3.63, 3.8) is 0 Å². The van der Waals surface area contributed by atoms with Gasteiger partial charge in [-0.2, -0.15) is 0 Å². The number of hydrogen-bond donors (Lipinski definition) is 2. The topological polar surface area (TPSA) is 114 Å².